The Kier molecular flexibility index (Phi) is 8.28. The zero-order chi connectivity index (χ0) is 14.9. The number of nitrogens with zero attached hydrogens (tertiary/aromatic N) is 4. The second-order valence-corrected chi connectivity index (χ2v) is 4.47. The lowest BCUT2D eigenvalue weighted by Gasteiger charge is -2.08. The van der Waals surface area contributed by atoms with Gasteiger partial charge in [0.25, 0.3) is 0 Å². The first-order chi connectivity index (χ1) is 10.3. The smallest absolute Gasteiger partial charge is 0.192 e. The number of hydrogen-bond acceptors (Lipinski definition) is 3. The van der Waals surface area contributed by atoms with E-state index in [1.54, 1.807) is 0 Å². The Hall–Kier alpha value is -1.82. The van der Waals surface area contributed by atoms with Crippen molar-refractivity contribution < 1.29 is 0 Å². The van der Waals surface area contributed by atoms with Crippen molar-refractivity contribution in [3.8, 4) is 12.3 Å². The number of aryl methyl sites for hydroxylation is 1. The van der Waals surface area contributed by atoms with Crippen LogP contribution in [-0.4, -0.2) is 40.2 Å². The van der Waals surface area contributed by atoms with Crippen molar-refractivity contribution >= 4 is 35.6 Å². The molecular formula is C15H21IN6. The van der Waals surface area contributed by atoms with Gasteiger partial charge in [-0.3, -0.25) is 9.39 Å². The monoisotopic (exact) mass is 412 g/mol. The lowest BCUT2D eigenvalue weighted by molar-refractivity contribution is 0.759. The zero-order valence-corrected chi connectivity index (χ0v) is 14.9. The molecule has 0 aliphatic heterocycles. The molecule has 2 heterocycles. The van der Waals surface area contributed by atoms with Gasteiger partial charge in [-0.1, -0.05) is 12.0 Å². The largest absolute Gasteiger partial charge is 0.357 e. The average molecular weight is 412 g/mol. The molecule has 0 bridgehead atoms. The Morgan fingerprint density at radius 2 is 2.23 bits per heavy atom. The molecule has 0 aliphatic rings. The number of rotatable bonds is 6. The van der Waals surface area contributed by atoms with Crippen LogP contribution in [0, 0.1) is 12.3 Å². The summed E-state index contributed by atoms with van der Waals surface area (Å²) in [6.45, 7) is 4.02. The highest BCUT2D eigenvalue weighted by Crippen LogP contribution is 2.04. The molecule has 0 aliphatic carbocycles. The van der Waals surface area contributed by atoms with Gasteiger partial charge in [-0.25, -0.2) is 0 Å². The highest BCUT2D eigenvalue weighted by atomic mass is 127. The van der Waals surface area contributed by atoms with Crippen molar-refractivity contribution in [2.75, 3.05) is 19.6 Å². The molecule has 0 spiro atoms. The molecule has 2 aromatic heterocycles. The number of guanidine groups is 1. The summed E-state index contributed by atoms with van der Waals surface area (Å²) in [5, 5.41) is 14.6. The number of aromatic nitrogens is 3. The van der Waals surface area contributed by atoms with Gasteiger partial charge >= 0.3 is 0 Å². The minimum atomic E-state index is 0. The summed E-state index contributed by atoms with van der Waals surface area (Å²) < 4.78 is 2.01. The fourth-order valence-electron chi connectivity index (χ4n) is 1.97. The Balaban J connectivity index is 0.00000242. The fourth-order valence-corrected chi connectivity index (χ4v) is 1.97. The molecule has 0 saturated carbocycles. The lowest BCUT2D eigenvalue weighted by Crippen LogP contribution is -2.37. The average Bonchev–Trinajstić information content (AvgIpc) is 2.92. The molecule has 0 fully saturated rings. The van der Waals surface area contributed by atoms with Crippen molar-refractivity contribution in [2.24, 2.45) is 4.99 Å². The molecule has 0 unspecified atom stereocenters. The molecule has 0 saturated heterocycles. The standard InChI is InChI=1S/C15H20N6.HI/c1-3-10-17-15(16-4-2)18-11-7-9-14-20-19-13-8-5-6-12-21(13)14;/h1,5-6,8,12H,4,7,9-11H2,2H3,(H2,16,17,18);1H. The van der Waals surface area contributed by atoms with Gasteiger partial charge < -0.3 is 10.6 Å². The van der Waals surface area contributed by atoms with E-state index in [-0.39, 0.29) is 24.0 Å². The van der Waals surface area contributed by atoms with E-state index in [0.717, 1.165) is 36.8 Å². The SMILES string of the molecule is C#CCNC(=NCCCc1nnc2ccccn12)NCC.I. The van der Waals surface area contributed by atoms with Gasteiger partial charge in [-0.05, 0) is 25.5 Å². The second kappa shape index (κ2) is 10.00. The van der Waals surface area contributed by atoms with Crippen molar-refractivity contribution in [1.29, 1.82) is 0 Å². The number of pyridine rings is 1. The third-order valence-electron chi connectivity index (χ3n) is 2.91. The van der Waals surface area contributed by atoms with E-state index < -0.39 is 0 Å². The highest BCUT2D eigenvalue weighted by Gasteiger charge is 2.03. The molecule has 2 aromatic rings. The van der Waals surface area contributed by atoms with E-state index in [1.807, 2.05) is 35.7 Å². The first-order valence-corrected chi connectivity index (χ1v) is 7.09. The van der Waals surface area contributed by atoms with E-state index in [1.165, 1.54) is 0 Å². The predicted octanol–water partition coefficient (Wildman–Crippen LogP) is 1.47. The molecule has 118 valence electrons. The van der Waals surface area contributed by atoms with E-state index in [2.05, 4.69) is 31.7 Å². The van der Waals surface area contributed by atoms with Crippen LogP contribution in [0.2, 0.25) is 0 Å². The van der Waals surface area contributed by atoms with Crippen LogP contribution in [-0.2, 0) is 6.42 Å². The third-order valence-corrected chi connectivity index (χ3v) is 2.91. The van der Waals surface area contributed by atoms with Crippen molar-refractivity contribution in [3.05, 3.63) is 30.2 Å². The number of nitrogens with one attached hydrogen (secondary N) is 2. The Labute approximate surface area is 147 Å². The Bertz CT molecular complexity index is 643. The minimum absolute atomic E-state index is 0. The van der Waals surface area contributed by atoms with Crippen LogP contribution in [0.5, 0.6) is 0 Å². The van der Waals surface area contributed by atoms with E-state index in [9.17, 15) is 0 Å². The maximum Gasteiger partial charge on any atom is 0.192 e. The van der Waals surface area contributed by atoms with E-state index in [4.69, 9.17) is 6.42 Å². The number of aliphatic imine (C=N–C) groups is 1. The fraction of sp³-hybridized carbons (Fsp3) is 0.400. The summed E-state index contributed by atoms with van der Waals surface area (Å²) in [7, 11) is 0. The van der Waals surface area contributed by atoms with Crippen LogP contribution in [0.25, 0.3) is 5.65 Å². The van der Waals surface area contributed by atoms with Gasteiger partial charge in [-0.15, -0.1) is 40.6 Å². The van der Waals surface area contributed by atoms with Gasteiger partial charge in [0.15, 0.2) is 11.6 Å². The minimum Gasteiger partial charge on any atom is -0.357 e. The normalized spacial score (nSPS) is 10.8. The van der Waals surface area contributed by atoms with Gasteiger partial charge in [0.05, 0.1) is 6.54 Å². The van der Waals surface area contributed by atoms with Gasteiger partial charge in [0.1, 0.15) is 5.82 Å². The summed E-state index contributed by atoms with van der Waals surface area (Å²) >= 11 is 0. The van der Waals surface area contributed by atoms with Crippen LogP contribution >= 0.6 is 24.0 Å². The highest BCUT2D eigenvalue weighted by molar-refractivity contribution is 14.0. The van der Waals surface area contributed by atoms with E-state index >= 15 is 0 Å². The first kappa shape index (κ1) is 18.2. The summed E-state index contributed by atoms with van der Waals surface area (Å²) in [4.78, 5) is 4.47. The number of hydrogen-bond donors (Lipinski definition) is 2. The maximum atomic E-state index is 5.23. The molecule has 0 radical (unpaired) electrons. The number of terminal acetylenes is 1. The van der Waals surface area contributed by atoms with Crippen LogP contribution in [0.1, 0.15) is 19.2 Å². The summed E-state index contributed by atoms with van der Waals surface area (Å²) in [5.74, 6) is 4.25. The Morgan fingerprint density at radius 3 is 3.00 bits per heavy atom. The maximum absolute atomic E-state index is 5.23. The van der Waals surface area contributed by atoms with Crippen LogP contribution in [0.15, 0.2) is 29.4 Å². The molecule has 6 nitrogen and oxygen atoms in total. The zero-order valence-electron chi connectivity index (χ0n) is 12.6. The van der Waals surface area contributed by atoms with Crippen LogP contribution < -0.4 is 10.6 Å². The van der Waals surface area contributed by atoms with Gasteiger partial charge in [0, 0.05) is 25.7 Å². The predicted molar refractivity (Wildman–Crippen MR) is 99.5 cm³/mol. The quantitative estimate of drug-likeness (QED) is 0.248. The molecule has 0 aromatic carbocycles. The third kappa shape index (κ3) is 5.18. The number of fused-ring (bicyclic) bond motifs is 1. The topological polar surface area (TPSA) is 66.6 Å². The summed E-state index contributed by atoms with van der Waals surface area (Å²) in [5.41, 5.74) is 0.875. The van der Waals surface area contributed by atoms with Gasteiger partial charge in [-0.2, -0.15) is 0 Å². The molecule has 7 heteroatoms. The van der Waals surface area contributed by atoms with Crippen LogP contribution in [0.4, 0.5) is 0 Å². The van der Waals surface area contributed by atoms with Crippen LogP contribution in [0.3, 0.4) is 0 Å². The molecular weight excluding hydrogens is 391 g/mol. The molecule has 0 atom stereocenters. The molecule has 2 rings (SSSR count). The molecule has 22 heavy (non-hydrogen) atoms. The van der Waals surface area contributed by atoms with Crippen molar-refractivity contribution in [2.45, 2.75) is 19.8 Å². The Morgan fingerprint density at radius 1 is 1.36 bits per heavy atom. The van der Waals surface area contributed by atoms with Gasteiger partial charge in [0.2, 0.25) is 0 Å². The first-order valence-electron chi connectivity index (χ1n) is 7.09. The van der Waals surface area contributed by atoms with Crippen molar-refractivity contribution in [3.63, 3.8) is 0 Å². The second-order valence-electron chi connectivity index (χ2n) is 4.47. The number of halogens is 1. The van der Waals surface area contributed by atoms with Crippen molar-refractivity contribution in [1.82, 2.24) is 25.2 Å². The molecule has 0 amide bonds. The summed E-state index contributed by atoms with van der Waals surface area (Å²) in [6.07, 6.45) is 8.95. The summed E-state index contributed by atoms with van der Waals surface area (Å²) in [6, 6.07) is 5.88. The van der Waals surface area contributed by atoms with E-state index in [0.29, 0.717) is 13.1 Å². The lowest BCUT2D eigenvalue weighted by atomic mass is 10.3. The molecule has 2 N–H and O–H groups in total.